The summed E-state index contributed by atoms with van der Waals surface area (Å²) in [6.07, 6.45) is 2.87. The number of carbonyl (C=O) groups excluding carboxylic acids is 1. The lowest BCUT2D eigenvalue weighted by Crippen LogP contribution is -2.36. The highest BCUT2D eigenvalue weighted by Crippen LogP contribution is 2.27. The topological polar surface area (TPSA) is 89.6 Å². The number of hydrogen-bond donors (Lipinski definition) is 1. The third-order valence-electron chi connectivity index (χ3n) is 6.67. The van der Waals surface area contributed by atoms with Crippen molar-refractivity contribution >= 4 is 34.3 Å². The van der Waals surface area contributed by atoms with E-state index in [2.05, 4.69) is 22.3 Å². The molecule has 0 bridgehead atoms. The number of rotatable bonds is 10. The molecule has 1 aliphatic heterocycles. The van der Waals surface area contributed by atoms with E-state index >= 15 is 0 Å². The SMILES string of the molecule is CC[C@@H](Sc1nc2ccc(N3CCOCC3)cc2c(=O)n1CCc1ccccc1)C(=O)NCc1ccco1. The van der Waals surface area contributed by atoms with Gasteiger partial charge in [-0.1, -0.05) is 49.0 Å². The minimum Gasteiger partial charge on any atom is -0.467 e. The fourth-order valence-electron chi connectivity index (χ4n) is 4.53. The Hall–Kier alpha value is -3.56. The number of fused-ring (bicyclic) bond motifs is 1. The normalized spacial score (nSPS) is 14.5. The van der Waals surface area contributed by atoms with Gasteiger partial charge in [-0.25, -0.2) is 4.98 Å². The first-order chi connectivity index (χ1) is 18.6. The van der Waals surface area contributed by atoms with E-state index < -0.39 is 5.25 Å². The van der Waals surface area contributed by atoms with Crippen LogP contribution < -0.4 is 15.8 Å². The van der Waals surface area contributed by atoms with E-state index in [9.17, 15) is 9.59 Å². The van der Waals surface area contributed by atoms with Crippen LogP contribution in [0.1, 0.15) is 24.7 Å². The van der Waals surface area contributed by atoms with Crippen molar-refractivity contribution in [3.05, 3.63) is 88.6 Å². The molecule has 3 heterocycles. The first-order valence-corrected chi connectivity index (χ1v) is 13.9. The van der Waals surface area contributed by atoms with Gasteiger partial charge in [0.25, 0.3) is 5.56 Å². The van der Waals surface area contributed by atoms with Gasteiger partial charge in [0.2, 0.25) is 5.91 Å². The highest BCUT2D eigenvalue weighted by Gasteiger charge is 2.23. The Morgan fingerprint density at radius 3 is 2.66 bits per heavy atom. The maximum absolute atomic E-state index is 13.9. The summed E-state index contributed by atoms with van der Waals surface area (Å²) < 4.78 is 12.5. The van der Waals surface area contributed by atoms with Crippen molar-refractivity contribution in [2.24, 2.45) is 0 Å². The number of carbonyl (C=O) groups is 1. The largest absolute Gasteiger partial charge is 0.467 e. The summed E-state index contributed by atoms with van der Waals surface area (Å²) in [6.45, 7) is 5.69. The lowest BCUT2D eigenvalue weighted by Gasteiger charge is -2.29. The minimum absolute atomic E-state index is 0.0885. The van der Waals surface area contributed by atoms with Crippen molar-refractivity contribution in [2.75, 3.05) is 31.2 Å². The first-order valence-electron chi connectivity index (χ1n) is 13.0. The molecular weight excluding hydrogens is 500 g/mol. The zero-order valence-corrected chi connectivity index (χ0v) is 22.3. The van der Waals surface area contributed by atoms with Crippen molar-refractivity contribution in [3.63, 3.8) is 0 Å². The molecule has 4 aromatic rings. The van der Waals surface area contributed by atoms with Gasteiger partial charge in [0.15, 0.2) is 5.16 Å². The molecule has 1 aliphatic rings. The van der Waals surface area contributed by atoms with Gasteiger partial charge in [-0.15, -0.1) is 0 Å². The van der Waals surface area contributed by atoms with E-state index in [-0.39, 0.29) is 11.5 Å². The van der Waals surface area contributed by atoms with Crippen LogP contribution in [-0.2, 0) is 29.0 Å². The van der Waals surface area contributed by atoms with Crippen LogP contribution in [0.3, 0.4) is 0 Å². The van der Waals surface area contributed by atoms with Crippen LogP contribution in [0.15, 0.2) is 81.3 Å². The molecule has 1 amide bonds. The number of furan rings is 1. The molecule has 0 radical (unpaired) electrons. The quantitative estimate of drug-likeness (QED) is 0.241. The summed E-state index contributed by atoms with van der Waals surface area (Å²) in [7, 11) is 0. The third-order valence-corrected chi connectivity index (χ3v) is 8.03. The lowest BCUT2D eigenvalue weighted by molar-refractivity contribution is -0.120. The highest BCUT2D eigenvalue weighted by atomic mass is 32.2. The number of aryl methyl sites for hydroxylation is 1. The molecule has 1 saturated heterocycles. The van der Waals surface area contributed by atoms with Crippen LogP contribution >= 0.6 is 11.8 Å². The van der Waals surface area contributed by atoms with E-state index in [1.807, 2.05) is 49.4 Å². The first kappa shape index (κ1) is 26.1. The minimum atomic E-state index is -0.398. The number of nitrogens with zero attached hydrogens (tertiary/aromatic N) is 3. The fraction of sp³-hybridized carbons (Fsp3) is 0.345. The average Bonchev–Trinajstić information content (AvgIpc) is 3.49. The van der Waals surface area contributed by atoms with Crippen LogP contribution in [0.4, 0.5) is 5.69 Å². The molecule has 2 aromatic heterocycles. The summed E-state index contributed by atoms with van der Waals surface area (Å²) in [4.78, 5) is 34.0. The Morgan fingerprint density at radius 2 is 1.92 bits per heavy atom. The zero-order valence-electron chi connectivity index (χ0n) is 21.5. The van der Waals surface area contributed by atoms with Gasteiger partial charge >= 0.3 is 0 Å². The van der Waals surface area contributed by atoms with Gasteiger partial charge in [0.1, 0.15) is 5.76 Å². The number of hydrogen-bond acceptors (Lipinski definition) is 7. The molecule has 2 aromatic carbocycles. The number of aromatic nitrogens is 2. The molecule has 1 fully saturated rings. The Kier molecular flexibility index (Phi) is 8.45. The van der Waals surface area contributed by atoms with E-state index in [0.717, 1.165) is 24.3 Å². The van der Waals surface area contributed by atoms with Crippen molar-refractivity contribution in [2.45, 2.75) is 43.3 Å². The number of amides is 1. The molecule has 1 N–H and O–H groups in total. The second-order valence-corrected chi connectivity index (χ2v) is 10.4. The van der Waals surface area contributed by atoms with E-state index in [4.69, 9.17) is 14.1 Å². The Labute approximate surface area is 226 Å². The van der Waals surface area contributed by atoms with Crippen molar-refractivity contribution < 1.29 is 13.9 Å². The highest BCUT2D eigenvalue weighted by molar-refractivity contribution is 8.00. The van der Waals surface area contributed by atoms with E-state index in [0.29, 0.717) is 61.0 Å². The molecule has 0 aliphatic carbocycles. The molecule has 9 heteroatoms. The maximum Gasteiger partial charge on any atom is 0.262 e. The van der Waals surface area contributed by atoms with Crippen molar-refractivity contribution in [1.82, 2.24) is 14.9 Å². The molecule has 38 heavy (non-hydrogen) atoms. The molecule has 5 rings (SSSR count). The molecule has 0 saturated carbocycles. The Morgan fingerprint density at radius 1 is 1.11 bits per heavy atom. The predicted octanol–water partition coefficient (Wildman–Crippen LogP) is 4.26. The van der Waals surface area contributed by atoms with Crippen LogP contribution in [-0.4, -0.2) is 47.0 Å². The number of ether oxygens (including phenoxy) is 1. The van der Waals surface area contributed by atoms with Crippen molar-refractivity contribution in [3.8, 4) is 0 Å². The summed E-state index contributed by atoms with van der Waals surface area (Å²) in [6, 6.07) is 19.6. The average molecular weight is 533 g/mol. The second-order valence-electron chi connectivity index (χ2n) is 9.20. The summed E-state index contributed by atoms with van der Waals surface area (Å²) in [5.74, 6) is 0.582. The summed E-state index contributed by atoms with van der Waals surface area (Å²) in [5.41, 5.74) is 2.69. The standard InChI is InChI=1S/C29H32N4O4S/c1-2-26(27(34)30-20-23-9-6-16-37-23)38-29-31-25-11-10-22(32-14-17-36-18-15-32)19-24(25)28(35)33(29)13-12-21-7-4-3-5-8-21/h3-11,16,19,26H,2,12-15,17-18,20H2,1H3,(H,30,34)/t26-/m1/s1. The molecular formula is C29H32N4O4S. The summed E-state index contributed by atoms with van der Waals surface area (Å²) >= 11 is 1.34. The number of thioether (sulfide) groups is 1. The molecule has 0 spiro atoms. The van der Waals surface area contributed by atoms with Crippen LogP contribution in [0.25, 0.3) is 10.9 Å². The van der Waals surface area contributed by atoms with Gasteiger partial charge < -0.3 is 19.4 Å². The number of benzene rings is 2. The van der Waals surface area contributed by atoms with Crippen LogP contribution in [0.5, 0.6) is 0 Å². The lowest BCUT2D eigenvalue weighted by atomic mass is 10.1. The van der Waals surface area contributed by atoms with Crippen LogP contribution in [0.2, 0.25) is 0 Å². The molecule has 8 nitrogen and oxygen atoms in total. The fourth-order valence-corrected chi connectivity index (χ4v) is 5.59. The Balaban J connectivity index is 1.45. The van der Waals surface area contributed by atoms with E-state index in [1.165, 1.54) is 11.8 Å². The van der Waals surface area contributed by atoms with Gasteiger partial charge in [-0.05, 0) is 48.7 Å². The van der Waals surface area contributed by atoms with E-state index in [1.54, 1.807) is 16.9 Å². The number of nitrogens with one attached hydrogen (secondary N) is 1. The predicted molar refractivity (Wildman–Crippen MR) is 150 cm³/mol. The molecule has 198 valence electrons. The maximum atomic E-state index is 13.9. The second kappa shape index (κ2) is 12.3. The van der Waals surface area contributed by atoms with Gasteiger partial charge in [0.05, 0.1) is 42.2 Å². The van der Waals surface area contributed by atoms with Gasteiger partial charge in [0, 0.05) is 25.3 Å². The smallest absolute Gasteiger partial charge is 0.262 e. The number of anilines is 1. The summed E-state index contributed by atoms with van der Waals surface area (Å²) in [5, 5.41) is 3.68. The van der Waals surface area contributed by atoms with Crippen LogP contribution in [0, 0.1) is 0 Å². The monoisotopic (exact) mass is 532 g/mol. The van der Waals surface area contributed by atoms with Crippen molar-refractivity contribution in [1.29, 1.82) is 0 Å². The van der Waals surface area contributed by atoms with Gasteiger partial charge in [-0.2, -0.15) is 0 Å². The molecule has 0 unspecified atom stereocenters. The zero-order chi connectivity index (χ0) is 26.3. The third kappa shape index (κ3) is 6.11. The van der Waals surface area contributed by atoms with Gasteiger partial charge in [-0.3, -0.25) is 14.2 Å². The number of morpholine rings is 1. The Bertz CT molecular complexity index is 1420. The molecule has 1 atom stereocenters.